The van der Waals surface area contributed by atoms with Crippen LogP contribution in [0.25, 0.3) is 11.1 Å². The number of hydrogen-bond donors (Lipinski definition) is 1. The Hall–Kier alpha value is -3.93. The van der Waals surface area contributed by atoms with Crippen LogP contribution in [0.5, 0.6) is 5.75 Å². The number of anilines is 1. The van der Waals surface area contributed by atoms with Gasteiger partial charge in [0.1, 0.15) is 0 Å². The number of para-hydroxylation sites is 2. The van der Waals surface area contributed by atoms with Crippen LogP contribution in [0.4, 0.5) is 5.69 Å². The second-order valence-corrected chi connectivity index (χ2v) is 6.25. The van der Waals surface area contributed by atoms with Crippen LogP contribution >= 0.6 is 0 Å². The first-order valence-corrected chi connectivity index (χ1v) is 8.34. The van der Waals surface area contributed by atoms with Crippen molar-refractivity contribution in [2.75, 3.05) is 5.06 Å². The molecule has 27 heavy (non-hydrogen) atoms. The Bertz CT molecular complexity index is 1150. The van der Waals surface area contributed by atoms with E-state index in [0.29, 0.717) is 11.4 Å². The van der Waals surface area contributed by atoms with Crippen LogP contribution in [-0.2, 0) is 0 Å². The highest BCUT2D eigenvalue weighted by atomic mass is 16.7. The van der Waals surface area contributed by atoms with Gasteiger partial charge in [-0.2, -0.15) is 0 Å². The van der Waals surface area contributed by atoms with Crippen molar-refractivity contribution < 1.29 is 19.2 Å². The maximum absolute atomic E-state index is 13.1. The summed E-state index contributed by atoms with van der Waals surface area (Å²) in [6, 6.07) is 19.3. The highest BCUT2D eigenvalue weighted by Crippen LogP contribution is 2.42. The molecule has 0 saturated carbocycles. The zero-order valence-corrected chi connectivity index (χ0v) is 13.9. The van der Waals surface area contributed by atoms with Crippen LogP contribution in [0, 0.1) is 0 Å². The topological polar surface area (TPSA) is 75.7 Å². The van der Waals surface area contributed by atoms with E-state index >= 15 is 0 Å². The number of benzene rings is 3. The fourth-order valence-corrected chi connectivity index (χ4v) is 3.36. The highest BCUT2D eigenvalue weighted by Gasteiger charge is 2.32. The maximum Gasteiger partial charge on any atom is 0.291 e. The van der Waals surface area contributed by atoms with Crippen molar-refractivity contribution in [1.82, 2.24) is 5.32 Å². The van der Waals surface area contributed by atoms with Gasteiger partial charge in [0, 0.05) is 16.7 Å². The van der Waals surface area contributed by atoms with Crippen LogP contribution in [0.15, 0.2) is 66.7 Å². The highest BCUT2D eigenvalue weighted by molar-refractivity contribution is 6.22. The number of nitrogens with one attached hydrogen (secondary N) is 1. The minimum Gasteiger partial charge on any atom is -0.371 e. The molecular weight excluding hydrogens is 344 g/mol. The zero-order valence-electron chi connectivity index (χ0n) is 13.9. The van der Waals surface area contributed by atoms with Gasteiger partial charge in [-0.05, 0) is 30.3 Å². The third-order valence-electron chi connectivity index (χ3n) is 4.66. The summed E-state index contributed by atoms with van der Waals surface area (Å²) in [4.78, 5) is 42.6. The molecule has 0 aliphatic carbocycles. The van der Waals surface area contributed by atoms with Gasteiger partial charge in [-0.1, -0.05) is 36.4 Å². The maximum atomic E-state index is 13.1. The minimum atomic E-state index is -0.505. The van der Waals surface area contributed by atoms with E-state index in [1.54, 1.807) is 12.1 Å². The summed E-state index contributed by atoms with van der Waals surface area (Å²) >= 11 is 0. The van der Waals surface area contributed by atoms with Gasteiger partial charge in [-0.3, -0.25) is 19.7 Å². The number of amides is 3. The van der Waals surface area contributed by atoms with Crippen LogP contribution in [0.1, 0.15) is 31.1 Å². The monoisotopic (exact) mass is 356 g/mol. The Kier molecular flexibility index (Phi) is 3.14. The van der Waals surface area contributed by atoms with E-state index < -0.39 is 17.7 Å². The minimum absolute atomic E-state index is 0.191. The van der Waals surface area contributed by atoms with Gasteiger partial charge in [0.15, 0.2) is 5.75 Å². The number of imide groups is 1. The molecule has 0 saturated heterocycles. The molecule has 3 aromatic carbocycles. The van der Waals surface area contributed by atoms with Gasteiger partial charge >= 0.3 is 0 Å². The molecule has 6 nitrogen and oxygen atoms in total. The van der Waals surface area contributed by atoms with E-state index in [1.165, 1.54) is 23.3 Å². The summed E-state index contributed by atoms with van der Waals surface area (Å²) in [6.07, 6.45) is 0. The van der Waals surface area contributed by atoms with E-state index in [2.05, 4.69) is 5.32 Å². The smallest absolute Gasteiger partial charge is 0.291 e. The second kappa shape index (κ2) is 5.54. The van der Waals surface area contributed by atoms with Crippen molar-refractivity contribution in [1.29, 1.82) is 0 Å². The zero-order chi connectivity index (χ0) is 18.5. The number of fused-ring (bicyclic) bond motifs is 4. The third kappa shape index (κ3) is 2.23. The molecule has 0 aromatic heterocycles. The Balaban J connectivity index is 1.60. The molecule has 2 aliphatic heterocycles. The molecule has 3 amide bonds. The fraction of sp³-hybridized carbons (Fsp3) is 0. The molecule has 0 unspecified atom stereocenters. The molecule has 130 valence electrons. The van der Waals surface area contributed by atoms with Gasteiger partial charge in [-0.25, -0.2) is 0 Å². The molecule has 2 heterocycles. The molecular formula is C21H12N2O4. The fourth-order valence-electron chi connectivity index (χ4n) is 3.36. The van der Waals surface area contributed by atoms with Crippen molar-refractivity contribution in [3.05, 3.63) is 83.4 Å². The van der Waals surface area contributed by atoms with Crippen LogP contribution in [0.2, 0.25) is 0 Å². The first kappa shape index (κ1) is 15.3. The van der Waals surface area contributed by atoms with Crippen LogP contribution in [0.3, 0.4) is 0 Å². The van der Waals surface area contributed by atoms with Crippen molar-refractivity contribution in [2.45, 2.75) is 0 Å². The van der Waals surface area contributed by atoms with Gasteiger partial charge in [0.25, 0.3) is 17.7 Å². The molecule has 6 heteroatoms. The molecule has 0 atom stereocenters. The molecule has 0 bridgehead atoms. The Labute approximate surface area is 153 Å². The first-order valence-electron chi connectivity index (χ1n) is 8.34. The number of hydroxylamine groups is 1. The lowest BCUT2D eigenvalue weighted by Crippen LogP contribution is -2.36. The van der Waals surface area contributed by atoms with Crippen molar-refractivity contribution >= 4 is 23.4 Å². The Morgan fingerprint density at radius 2 is 1.48 bits per heavy atom. The van der Waals surface area contributed by atoms with Crippen LogP contribution < -0.4 is 15.2 Å². The second-order valence-electron chi connectivity index (χ2n) is 6.25. The average Bonchev–Trinajstić information content (AvgIpc) is 3.00. The average molecular weight is 356 g/mol. The number of hydrogen-bond acceptors (Lipinski definition) is 4. The Morgan fingerprint density at radius 1 is 0.778 bits per heavy atom. The molecule has 3 aromatic rings. The number of carbonyl (C=O) groups is 3. The van der Waals surface area contributed by atoms with E-state index in [4.69, 9.17) is 4.84 Å². The number of nitrogens with zero attached hydrogens (tertiary/aromatic N) is 1. The van der Waals surface area contributed by atoms with Crippen molar-refractivity contribution in [2.24, 2.45) is 0 Å². The molecule has 5 rings (SSSR count). The van der Waals surface area contributed by atoms with Gasteiger partial charge in [0.2, 0.25) is 0 Å². The predicted octanol–water partition coefficient (Wildman–Crippen LogP) is 3.19. The molecule has 2 aliphatic rings. The lowest BCUT2D eigenvalue weighted by Gasteiger charge is -2.30. The van der Waals surface area contributed by atoms with Crippen molar-refractivity contribution in [3.8, 4) is 16.9 Å². The molecule has 0 fully saturated rings. The molecule has 0 spiro atoms. The van der Waals surface area contributed by atoms with Gasteiger partial charge < -0.3 is 4.84 Å². The summed E-state index contributed by atoms with van der Waals surface area (Å²) in [6.45, 7) is 0. The standard InChI is InChI=1S/C21H12N2O4/c24-19-15-10-9-12(11-16(15)20(25)22-19)21(26)23-17-7-3-1-5-13(17)14-6-2-4-8-18(14)27-23/h1-11H,(H,22,24,25). The van der Waals surface area contributed by atoms with E-state index in [-0.39, 0.29) is 16.7 Å². The molecule has 1 N–H and O–H groups in total. The van der Waals surface area contributed by atoms with E-state index in [0.717, 1.165) is 11.1 Å². The lowest BCUT2D eigenvalue weighted by molar-refractivity contribution is 0.0872. The SMILES string of the molecule is O=C1NC(=O)c2cc(C(=O)N3Oc4ccccc4-c4ccccc43)ccc21. The van der Waals surface area contributed by atoms with Gasteiger partial charge in [-0.15, -0.1) is 5.06 Å². The summed E-state index contributed by atoms with van der Waals surface area (Å²) in [7, 11) is 0. The van der Waals surface area contributed by atoms with Crippen LogP contribution in [-0.4, -0.2) is 17.7 Å². The predicted molar refractivity (Wildman–Crippen MR) is 97.6 cm³/mol. The van der Waals surface area contributed by atoms with E-state index in [1.807, 2.05) is 36.4 Å². The summed E-state index contributed by atoms with van der Waals surface area (Å²) in [5, 5.41) is 3.44. The summed E-state index contributed by atoms with van der Waals surface area (Å²) in [5.74, 6) is -0.817. The quantitative estimate of drug-likeness (QED) is 0.680. The summed E-state index contributed by atoms with van der Waals surface area (Å²) in [5.41, 5.74) is 3.10. The van der Waals surface area contributed by atoms with Crippen molar-refractivity contribution in [3.63, 3.8) is 0 Å². The summed E-state index contributed by atoms with van der Waals surface area (Å²) < 4.78 is 0. The Morgan fingerprint density at radius 3 is 2.33 bits per heavy atom. The first-order chi connectivity index (χ1) is 13.1. The van der Waals surface area contributed by atoms with Gasteiger partial charge in [0.05, 0.1) is 16.8 Å². The number of rotatable bonds is 1. The lowest BCUT2D eigenvalue weighted by atomic mass is 10.0. The normalized spacial score (nSPS) is 14.0. The number of carbonyl (C=O) groups excluding carboxylic acids is 3. The molecule has 0 radical (unpaired) electrons. The largest absolute Gasteiger partial charge is 0.371 e. The third-order valence-corrected chi connectivity index (χ3v) is 4.66. The van der Waals surface area contributed by atoms with E-state index in [9.17, 15) is 14.4 Å².